The summed E-state index contributed by atoms with van der Waals surface area (Å²) in [6.07, 6.45) is -1.82. The predicted octanol–water partition coefficient (Wildman–Crippen LogP) is -1.47. The van der Waals surface area contributed by atoms with Crippen molar-refractivity contribution in [2.75, 3.05) is 0 Å². The maximum absolute atomic E-state index is 9.66. The SMILES string of the molecule is OC(O)C(O)(Cc1ccccc1)O[SiH3]. The highest BCUT2D eigenvalue weighted by Gasteiger charge is 2.34. The van der Waals surface area contributed by atoms with Crippen molar-refractivity contribution in [2.24, 2.45) is 0 Å². The first-order chi connectivity index (χ1) is 6.58. The molecule has 1 aromatic rings. The van der Waals surface area contributed by atoms with Crippen LogP contribution in [0.25, 0.3) is 0 Å². The van der Waals surface area contributed by atoms with Gasteiger partial charge in [0.25, 0.3) is 0 Å². The predicted molar refractivity (Wildman–Crippen MR) is 54.3 cm³/mol. The third kappa shape index (κ3) is 2.63. The van der Waals surface area contributed by atoms with Gasteiger partial charge < -0.3 is 19.7 Å². The maximum Gasteiger partial charge on any atom is 0.211 e. The van der Waals surface area contributed by atoms with Crippen LogP contribution in [0.3, 0.4) is 0 Å². The van der Waals surface area contributed by atoms with E-state index in [1.54, 1.807) is 12.1 Å². The third-order valence-corrected chi connectivity index (χ3v) is 2.76. The lowest BCUT2D eigenvalue weighted by atomic mass is 10.1. The summed E-state index contributed by atoms with van der Waals surface area (Å²) in [5, 5.41) is 27.5. The Morgan fingerprint density at radius 2 is 1.86 bits per heavy atom. The van der Waals surface area contributed by atoms with Crippen LogP contribution in [0.5, 0.6) is 0 Å². The molecule has 0 spiro atoms. The molecule has 1 aromatic carbocycles. The average Bonchev–Trinajstić information content (AvgIpc) is 2.19. The first-order valence-electron chi connectivity index (χ1n) is 4.26. The summed E-state index contributed by atoms with van der Waals surface area (Å²) < 4.78 is 4.80. The highest BCUT2D eigenvalue weighted by atomic mass is 28.2. The van der Waals surface area contributed by atoms with Gasteiger partial charge in [-0.2, -0.15) is 0 Å². The van der Waals surface area contributed by atoms with Gasteiger partial charge in [0.15, 0.2) is 0 Å². The van der Waals surface area contributed by atoms with Gasteiger partial charge in [-0.25, -0.2) is 0 Å². The van der Waals surface area contributed by atoms with E-state index in [0.29, 0.717) is 0 Å². The summed E-state index contributed by atoms with van der Waals surface area (Å²) in [4.78, 5) is 0. The van der Waals surface area contributed by atoms with Crippen LogP contribution >= 0.6 is 0 Å². The molecule has 0 aromatic heterocycles. The van der Waals surface area contributed by atoms with Crippen molar-refractivity contribution in [3.63, 3.8) is 0 Å². The lowest BCUT2D eigenvalue weighted by Gasteiger charge is -2.28. The Kier molecular flexibility index (Phi) is 3.79. The van der Waals surface area contributed by atoms with Gasteiger partial charge in [0.1, 0.15) is 10.5 Å². The van der Waals surface area contributed by atoms with Crippen molar-refractivity contribution in [3.05, 3.63) is 35.9 Å². The molecular formula is C9H14O4Si. The summed E-state index contributed by atoms with van der Waals surface area (Å²) in [7, 11) is 0.235. The number of hydrogen-bond donors (Lipinski definition) is 3. The van der Waals surface area contributed by atoms with Gasteiger partial charge in [-0.15, -0.1) is 0 Å². The van der Waals surface area contributed by atoms with E-state index in [4.69, 9.17) is 14.6 Å². The zero-order valence-electron chi connectivity index (χ0n) is 7.92. The smallest absolute Gasteiger partial charge is 0.211 e. The first-order valence-corrected chi connectivity index (χ1v) is 5.08. The normalized spacial score (nSPS) is 15.7. The molecule has 0 saturated heterocycles. The molecule has 4 nitrogen and oxygen atoms in total. The highest BCUT2D eigenvalue weighted by Crippen LogP contribution is 2.16. The number of aliphatic hydroxyl groups is 3. The van der Waals surface area contributed by atoms with Crippen LogP contribution in [0.4, 0.5) is 0 Å². The van der Waals surface area contributed by atoms with E-state index in [1.807, 2.05) is 18.2 Å². The van der Waals surface area contributed by atoms with Gasteiger partial charge in [-0.05, 0) is 5.56 Å². The van der Waals surface area contributed by atoms with E-state index in [2.05, 4.69) is 0 Å². The first kappa shape index (κ1) is 11.4. The van der Waals surface area contributed by atoms with E-state index in [-0.39, 0.29) is 16.9 Å². The Labute approximate surface area is 85.3 Å². The lowest BCUT2D eigenvalue weighted by Crippen LogP contribution is -2.46. The number of hydrogen-bond acceptors (Lipinski definition) is 4. The third-order valence-electron chi connectivity index (χ3n) is 2.06. The molecule has 78 valence electrons. The fourth-order valence-electron chi connectivity index (χ4n) is 1.16. The van der Waals surface area contributed by atoms with Crippen LogP contribution in [-0.4, -0.2) is 37.9 Å². The molecule has 1 unspecified atom stereocenters. The van der Waals surface area contributed by atoms with E-state index in [0.717, 1.165) is 5.56 Å². The quantitative estimate of drug-likeness (QED) is 0.422. The Morgan fingerprint density at radius 1 is 1.29 bits per heavy atom. The molecule has 0 bridgehead atoms. The van der Waals surface area contributed by atoms with Crippen molar-refractivity contribution in [3.8, 4) is 0 Å². The maximum atomic E-state index is 9.66. The Morgan fingerprint density at radius 3 is 2.29 bits per heavy atom. The molecule has 0 aliphatic carbocycles. The van der Waals surface area contributed by atoms with Gasteiger partial charge in [0.2, 0.25) is 12.1 Å². The minimum atomic E-state index is -1.89. The van der Waals surface area contributed by atoms with Crippen LogP contribution in [-0.2, 0) is 10.8 Å². The molecule has 0 aliphatic rings. The molecule has 0 saturated carbocycles. The summed E-state index contributed by atoms with van der Waals surface area (Å²) >= 11 is 0. The van der Waals surface area contributed by atoms with Crippen LogP contribution in [0.15, 0.2) is 30.3 Å². The molecule has 0 radical (unpaired) electrons. The van der Waals surface area contributed by atoms with Crippen LogP contribution < -0.4 is 0 Å². The monoisotopic (exact) mass is 214 g/mol. The topological polar surface area (TPSA) is 69.9 Å². The minimum Gasteiger partial charge on any atom is -0.398 e. The van der Waals surface area contributed by atoms with E-state index >= 15 is 0 Å². The largest absolute Gasteiger partial charge is 0.398 e. The van der Waals surface area contributed by atoms with Gasteiger partial charge >= 0.3 is 0 Å². The van der Waals surface area contributed by atoms with E-state index in [9.17, 15) is 5.11 Å². The van der Waals surface area contributed by atoms with Gasteiger partial charge in [0.05, 0.1) is 0 Å². The summed E-state index contributed by atoms with van der Waals surface area (Å²) in [6.45, 7) is 0. The van der Waals surface area contributed by atoms with Crippen molar-refractivity contribution in [2.45, 2.75) is 18.5 Å². The fourth-order valence-corrected chi connectivity index (χ4v) is 1.51. The zero-order chi connectivity index (χ0) is 10.6. The molecule has 3 N–H and O–H groups in total. The molecule has 0 fully saturated rings. The average molecular weight is 214 g/mol. The van der Waals surface area contributed by atoms with Crippen LogP contribution in [0, 0.1) is 0 Å². The van der Waals surface area contributed by atoms with Crippen molar-refractivity contribution in [1.82, 2.24) is 0 Å². The van der Waals surface area contributed by atoms with E-state index < -0.39 is 12.1 Å². The number of aliphatic hydroxyl groups excluding tert-OH is 1. The zero-order valence-corrected chi connectivity index (χ0v) is 9.92. The summed E-state index contributed by atoms with van der Waals surface area (Å²) in [6, 6.07) is 9.04. The minimum absolute atomic E-state index is 0.0645. The standard InChI is InChI=1S/C9H14O4Si/c10-8(11)9(12,13-14)6-7-4-2-1-3-5-7/h1-5,8,10-12H,6H2,14H3. The second-order valence-corrected chi connectivity index (χ2v) is 3.49. The fraction of sp³-hybridized carbons (Fsp3) is 0.333. The molecule has 0 amide bonds. The number of rotatable bonds is 4. The van der Waals surface area contributed by atoms with Gasteiger partial charge in [0, 0.05) is 6.42 Å². The molecule has 0 aliphatic heterocycles. The molecule has 5 heteroatoms. The van der Waals surface area contributed by atoms with Crippen LogP contribution in [0.2, 0.25) is 0 Å². The molecular weight excluding hydrogens is 200 g/mol. The van der Waals surface area contributed by atoms with Crippen molar-refractivity contribution < 1.29 is 19.7 Å². The number of benzene rings is 1. The van der Waals surface area contributed by atoms with Gasteiger partial charge in [-0.3, -0.25) is 0 Å². The Bertz CT molecular complexity index is 277. The second-order valence-electron chi connectivity index (χ2n) is 3.08. The van der Waals surface area contributed by atoms with Crippen LogP contribution in [0.1, 0.15) is 5.56 Å². The highest BCUT2D eigenvalue weighted by molar-refractivity contribution is 5.98. The van der Waals surface area contributed by atoms with Crippen molar-refractivity contribution in [1.29, 1.82) is 0 Å². The second kappa shape index (κ2) is 4.67. The molecule has 1 rings (SSSR count). The van der Waals surface area contributed by atoms with Crippen molar-refractivity contribution >= 4 is 10.5 Å². The molecule has 1 atom stereocenters. The van der Waals surface area contributed by atoms with Gasteiger partial charge in [-0.1, -0.05) is 30.3 Å². The molecule has 14 heavy (non-hydrogen) atoms. The summed E-state index contributed by atoms with van der Waals surface area (Å²) in [5.41, 5.74) is 0.791. The Balaban J connectivity index is 2.76. The molecule has 0 heterocycles. The van der Waals surface area contributed by atoms with E-state index in [1.165, 1.54) is 0 Å². The summed E-state index contributed by atoms with van der Waals surface area (Å²) in [5.74, 6) is -1.88. The Hall–Kier alpha value is -0.723. The lowest BCUT2D eigenvalue weighted by molar-refractivity contribution is -0.272.